The average Bonchev–Trinajstić information content (AvgIpc) is 3.07. The highest BCUT2D eigenvalue weighted by molar-refractivity contribution is 5.98. The monoisotopic (exact) mass is 623 g/mol. The Morgan fingerprint density at radius 3 is 2.24 bits per heavy atom. The van der Waals surface area contributed by atoms with Crippen molar-refractivity contribution in [1.29, 1.82) is 5.26 Å². The summed E-state index contributed by atoms with van der Waals surface area (Å²) in [4.78, 5) is 26.2. The molecule has 5 rings (SSSR count). The summed E-state index contributed by atoms with van der Waals surface area (Å²) in [5, 5.41) is 9.00. The van der Waals surface area contributed by atoms with Gasteiger partial charge >= 0.3 is 11.9 Å². The van der Waals surface area contributed by atoms with Crippen LogP contribution in [0.15, 0.2) is 91.0 Å². The van der Waals surface area contributed by atoms with Crippen molar-refractivity contribution in [3.63, 3.8) is 0 Å². The quantitative estimate of drug-likeness (QED) is 0.0829. The van der Waals surface area contributed by atoms with Crippen molar-refractivity contribution in [2.24, 2.45) is 5.41 Å². The molecule has 8 nitrogen and oxygen atoms in total. The van der Waals surface area contributed by atoms with Gasteiger partial charge in [-0.15, -0.1) is 0 Å². The van der Waals surface area contributed by atoms with Crippen molar-refractivity contribution < 1.29 is 37.7 Å². The van der Waals surface area contributed by atoms with E-state index in [1.807, 2.05) is 6.07 Å². The van der Waals surface area contributed by atoms with Crippen LogP contribution in [0, 0.1) is 22.6 Å². The van der Waals surface area contributed by atoms with Gasteiger partial charge in [0.05, 0.1) is 49.2 Å². The van der Waals surface area contributed by atoms with Crippen LogP contribution in [0.5, 0.6) is 11.5 Å². The van der Waals surface area contributed by atoms with E-state index in [1.165, 1.54) is 18.2 Å². The number of esters is 2. The molecule has 4 aromatic carbocycles. The molecule has 46 heavy (non-hydrogen) atoms. The molecule has 9 heteroatoms. The molecule has 4 aromatic rings. The highest BCUT2D eigenvalue weighted by atomic mass is 19.1. The van der Waals surface area contributed by atoms with Gasteiger partial charge in [0.2, 0.25) is 0 Å². The van der Waals surface area contributed by atoms with Crippen molar-refractivity contribution in [1.82, 2.24) is 0 Å². The highest BCUT2D eigenvalue weighted by Gasteiger charge is 2.33. The number of benzene rings is 4. The number of nitrogens with zero attached hydrogens (tertiary/aromatic N) is 1. The van der Waals surface area contributed by atoms with Gasteiger partial charge in [-0.05, 0) is 96.3 Å². The Balaban J connectivity index is 1.18. The van der Waals surface area contributed by atoms with Gasteiger partial charge in [-0.25, -0.2) is 14.0 Å². The standard InChI is InChI=1S/C37H34FNO7/c1-37(24-43-25-37)23-42-18-2-3-19-44-31-14-10-29(11-15-31)35(40)46-32-16-17-33(28-8-12-30(38)13-9-28)34(20-32)36(41)45-22-27-6-4-26(21-39)5-7-27/h4-17,20H,2-3,18-19,22-25H2,1H3. The first-order valence-electron chi connectivity index (χ1n) is 15.0. The van der Waals surface area contributed by atoms with Crippen LogP contribution in [0.3, 0.4) is 0 Å². The molecule has 0 unspecified atom stereocenters. The molecule has 0 aliphatic carbocycles. The number of rotatable bonds is 14. The summed E-state index contributed by atoms with van der Waals surface area (Å²) in [5.41, 5.74) is 2.87. The number of ether oxygens (including phenoxy) is 5. The molecule has 0 aromatic heterocycles. The minimum Gasteiger partial charge on any atom is -0.494 e. The van der Waals surface area contributed by atoms with Crippen LogP contribution in [0.2, 0.25) is 0 Å². The molecule has 0 spiro atoms. The van der Waals surface area contributed by atoms with Crippen LogP contribution < -0.4 is 9.47 Å². The van der Waals surface area contributed by atoms with E-state index >= 15 is 0 Å². The van der Waals surface area contributed by atoms with Crippen LogP contribution >= 0.6 is 0 Å². The molecule has 1 heterocycles. The minimum absolute atomic E-state index is 0.0328. The van der Waals surface area contributed by atoms with Crippen molar-refractivity contribution >= 4 is 11.9 Å². The molecule has 1 fully saturated rings. The van der Waals surface area contributed by atoms with Gasteiger partial charge in [0.1, 0.15) is 23.9 Å². The van der Waals surface area contributed by atoms with E-state index in [4.69, 9.17) is 28.9 Å². The fourth-order valence-corrected chi connectivity index (χ4v) is 4.74. The van der Waals surface area contributed by atoms with Crippen molar-refractivity contribution in [2.75, 3.05) is 33.0 Å². The minimum atomic E-state index is -0.656. The zero-order chi connectivity index (χ0) is 32.4. The largest absolute Gasteiger partial charge is 0.494 e. The molecular formula is C37H34FNO7. The van der Waals surface area contributed by atoms with Gasteiger partial charge in [-0.3, -0.25) is 0 Å². The average molecular weight is 624 g/mol. The van der Waals surface area contributed by atoms with E-state index in [1.54, 1.807) is 72.8 Å². The first-order valence-corrected chi connectivity index (χ1v) is 15.0. The molecule has 0 saturated carbocycles. The molecular weight excluding hydrogens is 589 g/mol. The van der Waals surface area contributed by atoms with Gasteiger partial charge < -0.3 is 23.7 Å². The van der Waals surface area contributed by atoms with Gasteiger partial charge in [-0.2, -0.15) is 5.26 Å². The smallest absolute Gasteiger partial charge is 0.343 e. The molecule has 1 aliphatic heterocycles. The van der Waals surface area contributed by atoms with Crippen LogP contribution in [-0.2, 0) is 20.8 Å². The first kappa shape index (κ1) is 32.4. The number of hydrogen-bond donors (Lipinski definition) is 0. The molecule has 0 N–H and O–H groups in total. The number of carbonyl (C=O) groups is 2. The van der Waals surface area contributed by atoms with E-state index in [0.717, 1.165) is 26.1 Å². The molecule has 1 saturated heterocycles. The fourth-order valence-electron chi connectivity index (χ4n) is 4.74. The Bertz CT molecular complexity index is 1680. The molecule has 0 radical (unpaired) electrons. The van der Waals surface area contributed by atoms with E-state index in [9.17, 15) is 14.0 Å². The normalized spacial score (nSPS) is 13.2. The van der Waals surface area contributed by atoms with Gasteiger partial charge in [-0.1, -0.05) is 31.2 Å². The second-order valence-corrected chi connectivity index (χ2v) is 11.4. The molecule has 0 bridgehead atoms. The summed E-state index contributed by atoms with van der Waals surface area (Å²) in [7, 11) is 0. The van der Waals surface area contributed by atoms with Crippen LogP contribution in [0.4, 0.5) is 4.39 Å². The third-order valence-corrected chi connectivity index (χ3v) is 7.42. The summed E-state index contributed by atoms with van der Waals surface area (Å²) in [6.45, 7) is 5.52. The summed E-state index contributed by atoms with van der Waals surface area (Å²) in [5.74, 6) is -0.904. The van der Waals surface area contributed by atoms with E-state index < -0.39 is 17.8 Å². The van der Waals surface area contributed by atoms with Crippen molar-refractivity contribution in [2.45, 2.75) is 26.4 Å². The van der Waals surface area contributed by atoms with Gasteiger partial charge in [0.15, 0.2) is 0 Å². The SMILES string of the molecule is CC1(COCCCCOc2ccc(C(=O)Oc3ccc(-c4ccc(F)cc4)c(C(=O)OCc4ccc(C#N)cc4)c3)cc2)COC1. The zero-order valence-electron chi connectivity index (χ0n) is 25.5. The Hall–Kier alpha value is -5.04. The lowest BCUT2D eigenvalue weighted by molar-refractivity contribution is -0.138. The van der Waals surface area contributed by atoms with Crippen LogP contribution in [-0.4, -0.2) is 45.0 Å². The number of hydrogen-bond acceptors (Lipinski definition) is 8. The number of unbranched alkanes of at least 4 members (excludes halogenated alkanes) is 1. The number of carbonyl (C=O) groups excluding carboxylic acids is 2. The van der Waals surface area contributed by atoms with Crippen LogP contribution in [0.1, 0.15) is 51.6 Å². The molecule has 1 aliphatic rings. The Labute approximate surface area is 267 Å². The maximum absolute atomic E-state index is 13.6. The number of halogens is 1. The lowest BCUT2D eigenvalue weighted by atomic mass is 9.90. The first-order chi connectivity index (χ1) is 22.3. The fraction of sp³-hybridized carbons (Fsp3) is 0.270. The lowest BCUT2D eigenvalue weighted by Gasteiger charge is -2.37. The summed E-state index contributed by atoms with van der Waals surface area (Å²) < 4.78 is 41.5. The maximum atomic E-state index is 13.6. The van der Waals surface area contributed by atoms with Gasteiger partial charge in [0, 0.05) is 12.0 Å². The Morgan fingerprint density at radius 2 is 1.57 bits per heavy atom. The maximum Gasteiger partial charge on any atom is 0.343 e. The Morgan fingerprint density at radius 1 is 0.870 bits per heavy atom. The summed E-state index contributed by atoms with van der Waals surface area (Å²) in [6.07, 6.45) is 1.72. The predicted molar refractivity (Wildman–Crippen MR) is 168 cm³/mol. The third kappa shape index (κ3) is 8.78. The van der Waals surface area contributed by atoms with Crippen LogP contribution in [0.25, 0.3) is 11.1 Å². The zero-order valence-corrected chi connectivity index (χ0v) is 25.5. The van der Waals surface area contributed by atoms with Crippen molar-refractivity contribution in [3.05, 3.63) is 119 Å². The second kappa shape index (κ2) is 15.3. The molecule has 0 amide bonds. The Kier molecular flexibility index (Phi) is 10.8. The van der Waals surface area contributed by atoms with Crippen molar-refractivity contribution in [3.8, 4) is 28.7 Å². The highest BCUT2D eigenvalue weighted by Crippen LogP contribution is 2.30. The van der Waals surface area contributed by atoms with Gasteiger partial charge in [0.25, 0.3) is 0 Å². The third-order valence-electron chi connectivity index (χ3n) is 7.42. The number of nitriles is 1. The lowest BCUT2D eigenvalue weighted by Crippen LogP contribution is -2.43. The predicted octanol–water partition coefficient (Wildman–Crippen LogP) is 7.15. The topological polar surface area (TPSA) is 104 Å². The second-order valence-electron chi connectivity index (χ2n) is 11.4. The van der Waals surface area contributed by atoms with E-state index in [0.29, 0.717) is 53.4 Å². The van der Waals surface area contributed by atoms with E-state index in [2.05, 4.69) is 6.92 Å². The summed E-state index contributed by atoms with van der Waals surface area (Å²) in [6, 6.07) is 25.7. The van der Waals surface area contributed by atoms with E-state index in [-0.39, 0.29) is 23.3 Å². The summed E-state index contributed by atoms with van der Waals surface area (Å²) >= 11 is 0. The molecule has 0 atom stereocenters. The molecule has 236 valence electrons.